The second-order valence-corrected chi connectivity index (χ2v) is 10.6. The number of sulfonamides is 1. The first-order valence-corrected chi connectivity index (χ1v) is 13.7. The first-order valence-electron chi connectivity index (χ1n) is 11.8. The Hall–Kier alpha value is -4.67. The molecule has 0 aliphatic carbocycles. The van der Waals surface area contributed by atoms with Gasteiger partial charge in [0.25, 0.3) is 15.9 Å². The van der Waals surface area contributed by atoms with Crippen molar-refractivity contribution in [3.05, 3.63) is 118 Å². The molecule has 0 aromatic heterocycles. The number of benzene rings is 4. The highest BCUT2D eigenvalue weighted by molar-refractivity contribution is 7.92. The Morgan fingerprint density at radius 1 is 0.850 bits per heavy atom. The van der Waals surface area contributed by atoms with E-state index < -0.39 is 21.9 Å². The van der Waals surface area contributed by atoms with Gasteiger partial charge in [0.2, 0.25) is 0 Å². The summed E-state index contributed by atoms with van der Waals surface area (Å²) in [6, 6.07) is 23.5. The second kappa shape index (κ2) is 12.5. The molecule has 0 spiro atoms. The number of esters is 1. The summed E-state index contributed by atoms with van der Waals surface area (Å²) >= 11 is 5.85. The molecule has 0 radical (unpaired) electrons. The van der Waals surface area contributed by atoms with Gasteiger partial charge in [-0.05, 0) is 91.3 Å². The summed E-state index contributed by atoms with van der Waals surface area (Å²) < 4.78 is 38.3. The molecule has 0 aliphatic rings. The molecule has 11 heteroatoms. The van der Waals surface area contributed by atoms with Gasteiger partial charge < -0.3 is 9.47 Å². The van der Waals surface area contributed by atoms with E-state index in [1.54, 1.807) is 54.6 Å². The molecule has 2 N–H and O–H groups in total. The lowest BCUT2D eigenvalue weighted by Crippen LogP contribution is -2.18. The summed E-state index contributed by atoms with van der Waals surface area (Å²) in [7, 11) is -2.32. The molecule has 0 saturated carbocycles. The molecule has 1 amide bonds. The van der Waals surface area contributed by atoms with E-state index >= 15 is 0 Å². The van der Waals surface area contributed by atoms with Crippen molar-refractivity contribution in [3.63, 3.8) is 0 Å². The summed E-state index contributed by atoms with van der Waals surface area (Å²) in [5.74, 6) is -0.565. The Morgan fingerprint density at radius 3 is 2.15 bits per heavy atom. The number of hydrogen-bond donors (Lipinski definition) is 2. The zero-order valence-electron chi connectivity index (χ0n) is 21.4. The van der Waals surface area contributed by atoms with Gasteiger partial charge in [-0.1, -0.05) is 29.3 Å². The van der Waals surface area contributed by atoms with Crippen molar-refractivity contribution in [2.75, 3.05) is 11.8 Å². The lowest BCUT2D eigenvalue weighted by atomic mass is 10.2. The molecule has 4 aromatic rings. The monoisotopic (exact) mass is 577 g/mol. The van der Waals surface area contributed by atoms with Gasteiger partial charge in [0.1, 0.15) is 0 Å². The van der Waals surface area contributed by atoms with E-state index in [4.69, 9.17) is 21.1 Å². The number of rotatable bonds is 9. The molecule has 0 unspecified atom stereocenters. The van der Waals surface area contributed by atoms with Crippen LogP contribution in [0.4, 0.5) is 5.69 Å². The fourth-order valence-electron chi connectivity index (χ4n) is 3.44. The van der Waals surface area contributed by atoms with E-state index in [-0.39, 0.29) is 16.2 Å². The molecular formula is C29H24ClN3O6S. The number of carbonyl (C=O) groups is 2. The highest BCUT2D eigenvalue weighted by atomic mass is 35.5. The lowest BCUT2D eigenvalue weighted by Gasteiger charge is -2.10. The van der Waals surface area contributed by atoms with Crippen molar-refractivity contribution in [1.29, 1.82) is 0 Å². The number of amides is 1. The molecule has 0 fully saturated rings. The molecule has 0 atom stereocenters. The van der Waals surface area contributed by atoms with Crippen molar-refractivity contribution < 1.29 is 27.5 Å². The second-order valence-electron chi connectivity index (χ2n) is 8.50. The van der Waals surface area contributed by atoms with Crippen LogP contribution in [0, 0.1) is 6.92 Å². The van der Waals surface area contributed by atoms with Crippen LogP contribution in [0.15, 0.2) is 101 Å². The van der Waals surface area contributed by atoms with Crippen molar-refractivity contribution in [2.45, 2.75) is 11.8 Å². The van der Waals surface area contributed by atoms with Crippen LogP contribution in [0.25, 0.3) is 0 Å². The maximum atomic E-state index is 12.6. The van der Waals surface area contributed by atoms with E-state index in [1.807, 2.05) is 6.92 Å². The molecule has 0 saturated heterocycles. The van der Waals surface area contributed by atoms with Gasteiger partial charge in [0.05, 0.1) is 23.8 Å². The molecule has 0 heterocycles. The third-order valence-electron chi connectivity index (χ3n) is 5.58. The van der Waals surface area contributed by atoms with Gasteiger partial charge in [-0.2, -0.15) is 5.10 Å². The van der Waals surface area contributed by atoms with Crippen molar-refractivity contribution >= 4 is 45.4 Å². The maximum Gasteiger partial charge on any atom is 0.343 e. The minimum Gasteiger partial charge on any atom is -0.493 e. The minimum absolute atomic E-state index is 0.138. The Balaban J connectivity index is 1.35. The molecule has 0 bridgehead atoms. The van der Waals surface area contributed by atoms with Gasteiger partial charge in [0.15, 0.2) is 11.5 Å². The number of nitrogens with zero attached hydrogens (tertiary/aromatic N) is 1. The number of carbonyl (C=O) groups excluding carboxylic acids is 2. The normalized spacial score (nSPS) is 11.2. The molecule has 204 valence electrons. The quantitative estimate of drug-likeness (QED) is 0.118. The summed E-state index contributed by atoms with van der Waals surface area (Å²) in [6.07, 6.45) is 1.40. The summed E-state index contributed by atoms with van der Waals surface area (Å²) in [5.41, 5.74) is 4.85. The van der Waals surface area contributed by atoms with Crippen LogP contribution in [-0.4, -0.2) is 33.6 Å². The van der Waals surface area contributed by atoms with Gasteiger partial charge >= 0.3 is 5.97 Å². The average Bonchev–Trinajstić information content (AvgIpc) is 2.94. The summed E-state index contributed by atoms with van der Waals surface area (Å²) in [6.45, 7) is 1.87. The number of methoxy groups -OCH3 is 1. The lowest BCUT2D eigenvalue weighted by molar-refractivity contribution is 0.0729. The summed E-state index contributed by atoms with van der Waals surface area (Å²) in [4.78, 5) is 25.0. The number of nitrogens with one attached hydrogen (secondary N) is 2. The third kappa shape index (κ3) is 7.25. The number of hydrazone groups is 1. The maximum absolute atomic E-state index is 12.6. The van der Waals surface area contributed by atoms with E-state index in [1.165, 1.54) is 49.7 Å². The van der Waals surface area contributed by atoms with Crippen LogP contribution in [0.2, 0.25) is 5.02 Å². The predicted molar refractivity (Wildman–Crippen MR) is 153 cm³/mol. The zero-order valence-corrected chi connectivity index (χ0v) is 23.0. The molecule has 4 rings (SSSR count). The first kappa shape index (κ1) is 28.3. The Morgan fingerprint density at radius 2 is 1.50 bits per heavy atom. The largest absolute Gasteiger partial charge is 0.493 e. The predicted octanol–water partition coefficient (Wildman–Crippen LogP) is 5.44. The molecular weight excluding hydrogens is 554 g/mol. The van der Waals surface area contributed by atoms with Crippen molar-refractivity contribution in [3.8, 4) is 11.5 Å². The van der Waals surface area contributed by atoms with Gasteiger partial charge in [-0.25, -0.2) is 18.6 Å². The number of halogens is 1. The SMILES string of the molecule is COc1cc(C=NNC(=O)c2ccc(NS(=O)(=O)c3ccc(C)cc3)cc2)ccc1OC(=O)c1ccc(Cl)cc1. The standard InChI is InChI=1S/C29H24ClN3O6S/c1-19-3-14-25(15-4-19)40(36,37)33-24-12-8-21(9-13-24)28(34)32-31-18-20-5-16-26(27(17-20)38-2)39-29(35)22-6-10-23(30)11-7-22/h3-18,33H,1-2H3,(H,32,34). The van der Waals surface area contributed by atoms with Crippen LogP contribution in [0.5, 0.6) is 11.5 Å². The van der Waals surface area contributed by atoms with Crippen LogP contribution >= 0.6 is 11.6 Å². The first-order chi connectivity index (χ1) is 19.1. The fourth-order valence-corrected chi connectivity index (χ4v) is 4.63. The molecule has 40 heavy (non-hydrogen) atoms. The van der Waals surface area contributed by atoms with Crippen LogP contribution in [0.1, 0.15) is 31.8 Å². The average molecular weight is 578 g/mol. The van der Waals surface area contributed by atoms with Gasteiger partial charge in [-0.3, -0.25) is 9.52 Å². The Kier molecular flexibility index (Phi) is 8.83. The third-order valence-corrected chi connectivity index (χ3v) is 7.23. The number of hydrogen-bond acceptors (Lipinski definition) is 7. The van der Waals surface area contributed by atoms with E-state index in [0.29, 0.717) is 27.6 Å². The van der Waals surface area contributed by atoms with Gasteiger partial charge in [-0.15, -0.1) is 0 Å². The zero-order chi connectivity index (χ0) is 28.7. The van der Waals surface area contributed by atoms with E-state index in [2.05, 4.69) is 15.2 Å². The molecule has 4 aromatic carbocycles. The number of aryl methyl sites for hydroxylation is 1. The minimum atomic E-state index is -3.76. The van der Waals surface area contributed by atoms with Crippen LogP contribution < -0.4 is 19.6 Å². The summed E-state index contributed by atoms with van der Waals surface area (Å²) in [5, 5.41) is 4.46. The topological polar surface area (TPSA) is 123 Å². The Labute approximate surface area is 236 Å². The smallest absolute Gasteiger partial charge is 0.343 e. The Bertz CT molecular complexity index is 1650. The van der Waals surface area contributed by atoms with Crippen molar-refractivity contribution in [1.82, 2.24) is 5.43 Å². The fraction of sp³-hybridized carbons (Fsp3) is 0.0690. The highest BCUT2D eigenvalue weighted by Crippen LogP contribution is 2.28. The molecule has 9 nitrogen and oxygen atoms in total. The number of anilines is 1. The van der Waals surface area contributed by atoms with E-state index in [9.17, 15) is 18.0 Å². The van der Waals surface area contributed by atoms with E-state index in [0.717, 1.165) is 5.56 Å². The van der Waals surface area contributed by atoms with Gasteiger partial charge in [0, 0.05) is 16.3 Å². The van der Waals surface area contributed by atoms with Crippen LogP contribution in [-0.2, 0) is 10.0 Å². The van der Waals surface area contributed by atoms with Crippen LogP contribution in [0.3, 0.4) is 0 Å². The molecule has 0 aliphatic heterocycles. The highest BCUT2D eigenvalue weighted by Gasteiger charge is 2.15. The van der Waals surface area contributed by atoms with Crippen molar-refractivity contribution in [2.24, 2.45) is 5.10 Å². The number of ether oxygens (including phenoxy) is 2.